The number of anilines is 1. The zero-order chi connectivity index (χ0) is 29.0. The molecule has 2 unspecified atom stereocenters. The molecule has 0 amide bonds. The lowest BCUT2D eigenvalue weighted by atomic mass is 9.82. The largest absolute Gasteiger partial charge is 0.492 e. The number of alkyl halides is 1. The van der Waals surface area contributed by atoms with Crippen molar-refractivity contribution in [3.8, 4) is 17.0 Å². The Hall–Kier alpha value is -2.74. The zero-order valence-electron chi connectivity index (χ0n) is 25.1. The average Bonchev–Trinajstić information content (AvgIpc) is 2.82. The first-order chi connectivity index (χ1) is 18.2. The average molecular weight is 544 g/mol. The molecular formula is C31H46FN3O4. The molecule has 2 aromatic rings. The Bertz CT molecular complexity index is 1100. The molecule has 3 heterocycles. The topological polar surface area (TPSA) is 73.8 Å². The van der Waals surface area contributed by atoms with Gasteiger partial charge in [-0.3, -0.25) is 9.97 Å². The van der Waals surface area contributed by atoms with Gasteiger partial charge in [-0.2, -0.15) is 0 Å². The van der Waals surface area contributed by atoms with Crippen molar-refractivity contribution in [2.75, 3.05) is 24.6 Å². The number of carbonyl (C=O) groups excluding carboxylic acids is 1. The Morgan fingerprint density at radius 1 is 1.10 bits per heavy atom. The highest BCUT2D eigenvalue weighted by atomic mass is 19.1. The maximum Gasteiger partial charge on any atom is 0.340 e. The highest BCUT2D eigenvalue weighted by Crippen LogP contribution is 2.43. The molecular weight excluding hydrogens is 497 g/mol. The lowest BCUT2D eigenvalue weighted by Gasteiger charge is -2.41. The van der Waals surface area contributed by atoms with Crippen LogP contribution in [-0.2, 0) is 14.3 Å². The van der Waals surface area contributed by atoms with Crippen LogP contribution in [0.2, 0.25) is 0 Å². The Morgan fingerprint density at radius 2 is 1.77 bits per heavy atom. The Labute approximate surface area is 233 Å². The molecule has 0 saturated carbocycles. The number of nitrogens with zero attached hydrogens (tertiary/aromatic N) is 3. The standard InChI is InChI=1S/C31H46FN3O4/c1-20(2)38-29(36)28(39-30(5,6)7)26-22(4)33-19-24(27(26)35-15-13-31(8,9)14-16-35)25-11-10-23(18-34-25)37-17-12-21(3)32/h10-11,18-21,28H,12-17H2,1-9H3. The molecule has 1 aliphatic rings. The predicted octanol–water partition coefficient (Wildman–Crippen LogP) is 7.01. The van der Waals surface area contributed by atoms with Crippen LogP contribution in [0.15, 0.2) is 24.5 Å². The number of piperidine rings is 1. The van der Waals surface area contributed by atoms with E-state index >= 15 is 0 Å². The zero-order valence-corrected chi connectivity index (χ0v) is 25.1. The Balaban J connectivity index is 2.13. The number of rotatable bonds is 10. The van der Waals surface area contributed by atoms with E-state index in [0.29, 0.717) is 29.1 Å². The van der Waals surface area contributed by atoms with Crippen molar-refractivity contribution in [3.63, 3.8) is 0 Å². The molecule has 0 spiro atoms. The Morgan fingerprint density at radius 3 is 2.31 bits per heavy atom. The van der Waals surface area contributed by atoms with Crippen LogP contribution < -0.4 is 9.64 Å². The summed E-state index contributed by atoms with van der Waals surface area (Å²) in [5, 5.41) is 0. The molecule has 0 aromatic carbocycles. The number of esters is 1. The number of pyridine rings is 2. The molecule has 3 rings (SSSR count). The number of aromatic nitrogens is 2. The summed E-state index contributed by atoms with van der Waals surface area (Å²) in [6, 6.07) is 3.72. The first-order valence-electron chi connectivity index (χ1n) is 14.0. The van der Waals surface area contributed by atoms with Crippen molar-refractivity contribution in [3.05, 3.63) is 35.8 Å². The maximum atomic E-state index is 13.5. The van der Waals surface area contributed by atoms with Gasteiger partial charge in [-0.1, -0.05) is 13.8 Å². The van der Waals surface area contributed by atoms with Gasteiger partial charge in [-0.05, 0) is 78.9 Å². The molecule has 39 heavy (non-hydrogen) atoms. The summed E-state index contributed by atoms with van der Waals surface area (Å²) in [7, 11) is 0. The number of hydrogen-bond acceptors (Lipinski definition) is 7. The van der Waals surface area contributed by atoms with Crippen molar-refractivity contribution in [1.29, 1.82) is 0 Å². The summed E-state index contributed by atoms with van der Waals surface area (Å²) in [6.45, 7) is 19.4. The van der Waals surface area contributed by atoms with E-state index in [0.717, 1.165) is 37.2 Å². The molecule has 0 N–H and O–H groups in total. The minimum atomic E-state index is -0.949. The number of ether oxygens (including phenoxy) is 3. The second kappa shape index (κ2) is 12.6. The van der Waals surface area contributed by atoms with E-state index in [1.54, 1.807) is 6.20 Å². The number of aryl methyl sites for hydroxylation is 1. The van der Waals surface area contributed by atoms with Crippen molar-refractivity contribution < 1.29 is 23.4 Å². The highest BCUT2D eigenvalue weighted by molar-refractivity contribution is 5.86. The highest BCUT2D eigenvalue weighted by Gasteiger charge is 2.37. The van der Waals surface area contributed by atoms with Gasteiger partial charge in [0.15, 0.2) is 6.10 Å². The van der Waals surface area contributed by atoms with Crippen LogP contribution in [0.3, 0.4) is 0 Å². The van der Waals surface area contributed by atoms with Gasteiger partial charge in [-0.25, -0.2) is 9.18 Å². The fourth-order valence-corrected chi connectivity index (χ4v) is 4.62. The monoisotopic (exact) mass is 543 g/mol. The van der Waals surface area contributed by atoms with Crippen molar-refractivity contribution in [2.24, 2.45) is 5.41 Å². The van der Waals surface area contributed by atoms with E-state index < -0.39 is 23.8 Å². The summed E-state index contributed by atoms with van der Waals surface area (Å²) >= 11 is 0. The molecule has 1 aliphatic heterocycles. The lowest BCUT2D eigenvalue weighted by Crippen LogP contribution is -2.39. The molecule has 7 nitrogen and oxygen atoms in total. The van der Waals surface area contributed by atoms with Gasteiger partial charge in [-0.15, -0.1) is 0 Å². The predicted molar refractivity (Wildman–Crippen MR) is 153 cm³/mol. The fourth-order valence-electron chi connectivity index (χ4n) is 4.62. The first kappa shape index (κ1) is 30.8. The van der Waals surface area contributed by atoms with E-state index in [-0.39, 0.29) is 18.1 Å². The lowest BCUT2D eigenvalue weighted by molar-refractivity contribution is -0.171. The number of carbonyl (C=O) groups is 1. The quantitative estimate of drug-likeness (QED) is 0.298. The molecule has 1 fully saturated rings. The molecule has 8 heteroatoms. The second-order valence-electron chi connectivity index (χ2n) is 12.6. The van der Waals surface area contributed by atoms with Crippen molar-refractivity contribution in [2.45, 2.75) is 106 Å². The molecule has 2 atom stereocenters. The van der Waals surface area contributed by atoms with Gasteiger partial charge < -0.3 is 19.1 Å². The van der Waals surface area contributed by atoms with Gasteiger partial charge in [0.1, 0.15) is 11.9 Å². The van der Waals surface area contributed by atoms with Gasteiger partial charge in [0.2, 0.25) is 0 Å². The smallest absolute Gasteiger partial charge is 0.340 e. The molecule has 2 aromatic heterocycles. The van der Waals surface area contributed by atoms with Gasteiger partial charge in [0.05, 0.1) is 35.9 Å². The molecule has 216 valence electrons. The molecule has 0 bridgehead atoms. The van der Waals surface area contributed by atoms with Crippen molar-refractivity contribution >= 4 is 11.7 Å². The SMILES string of the molecule is Cc1ncc(-c2ccc(OCCC(C)F)cn2)c(N2CCC(C)(C)CC2)c1C(OC(C)(C)C)C(=O)OC(C)C. The van der Waals surface area contributed by atoms with Crippen LogP contribution in [0.25, 0.3) is 11.3 Å². The van der Waals surface area contributed by atoms with Gasteiger partial charge >= 0.3 is 5.97 Å². The summed E-state index contributed by atoms with van der Waals surface area (Å²) < 4.78 is 30.9. The van der Waals surface area contributed by atoms with Crippen LogP contribution in [0.4, 0.5) is 10.1 Å². The van der Waals surface area contributed by atoms with E-state index in [9.17, 15) is 9.18 Å². The number of hydrogen-bond donors (Lipinski definition) is 0. The van der Waals surface area contributed by atoms with Crippen LogP contribution >= 0.6 is 0 Å². The minimum absolute atomic E-state index is 0.241. The third-order valence-electron chi connectivity index (χ3n) is 6.82. The van der Waals surface area contributed by atoms with E-state index in [2.05, 4.69) is 23.7 Å². The third kappa shape index (κ3) is 8.62. The van der Waals surface area contributed by atoms with Crippen molar-refractivity contribution in [1.82, 2.24) is 9.97 Å². The summed E-state index contributed by atoms with van der Waals surface area (Å²) in [4.78, 5) is 25.2. The molecule has 1 saturated heterocycles. The van der Waals surface area contributed by atoms with E-state index in [1.165, 1.54) is 6.92 Å². The first-order valence-corrected chi connectivity index (χ1v) is 14.0. The Kier molecular flexibility index (Phi) is 9.97. The van der Waals surface area contributed by atoms with E-state index in [4.69, 9.17) is 19.2 Å². The minimum Gasteiger partial charge on any atom is -0.492 e. The van der Waals surface area contributed by atoms with Crippen LogP contribution in [0.5, 0.6) is 5.75 Å². The van der Waals surface area contributed by atoms with Crippen LogP contribution in [0, 0.1) is 12.3 Å². The summed E-state index contributed by atoms with van der Waals surface area (Å²) in [5.41, 5.74) is 3.51. The number of halogens is 1. The molecule has 0 radical (unpaired) electrons. The van der Waals surface area contributed by atoms with Crippen LogP contribution in [0.1, 0.15) is 92.0 Å². The van der Waals surface area contributed by atoms with Gasteiger partial charge in [0, 0.05) is 42.5 Å². The van der Waals surface area contributed by atoms with Crippen LogP contribution in [-0.4, -0.2) is 53.5 Å². The summed E-state index contributed by atoms with van der Waals surface area (Å²) in [5.74, 6) is 0.148. The maximum absolute atomic E-state index is 13.5. The molecule has 0 aliphatic carbocycles. The normalized spacial score (nSPS) is 17.2. The second-order valence-corrected chi connectivity index (χ2v) is 12.6. The summed E-state index contributed by atoms with van der Waals surface area (Å²) in [6.07, 6.45) is 3.68. The third-order valence-corrected chi connectivity index (χ3v) is 6.82. The fraction of sp³-hybridized carbons (Fsp3) is 0.645. The van der Waals surface area contributed by atoms with Gasteiger partial charge in [0.25, 0.3) is 0 Å². The van der Waals surface area contributed by atoms with E-state index in [1.807, 2.05) is 59.9 Å².